The van der Waals surface area contributed by atoms with Crippen LogP contribution in [0.3, 0.4) is 0 Å². The van der Waals surface area contributed by atoms with Crippen molar-refractivity contribution >= 4 is 27.5 Å². The zero-order valence-electron chi connectivity index (χ0n) is 19.7. The lowest BCUT2D eigenvalue weighted by atomic mass is 10.1. The van der Waals surface area contributed by atoms with Gasteiger partial charge >= 0.3 is 0 Å². The molecule has 1 saturated heterocycles. The molecule has 4 aromatic rings. The molecule has 11 heteroatoms. The zero-order chi connectivity index (χ0) is 23.5. The van der Waals surface area contributed by atoms with Gasteiger partial charge in [-0.3, -0.25) is 14.1 Å². The lowest BCUT2D eigenvalue weighted by Crippen LogP contribution is -2.47. The van der Waals surface area contributed by atoms with Crippen molar-refractivity contribution in [2.24, 2.45) is 0 Å². The second kappa shape index (κ2) is 10.3. The molecule has 0 aromatic carbocycles. The number of nitrogens with zero attached hydrogens (tertiary/aromatic N) is 8. The van der Waals surface area contributed by atoms with E-state index in [0.717, 1.165) is 85.4 Å². The highest BCUT2D eigenvalue weighted by Gasteiger charge is 2.21. The van der Waals surface area contributed by atoms with Crippen LogP contribution in [0, 0.1) is 6.92 Å². The van der Waals surface area contributed by atoms with Gasteiger partial charge in [-0.2, -0.15) is 0 Å². The van der Waals surface area contributed by atoms with Gasteiger partial charge in [-0.15, -0.1) is 11.3 Å². The van der Waals surface area contributed by atoms with Gasteiger partial charge in [-0.05, 0) is 20.3 Å². The summed E-state index contributed by atoms with van der Waals surface area (Å²) in [5.74, 6) is 1.00. The van der Waals surface area contributed by atoms with Crippen molar-refractivity contribution < 1.29 is 4.74 Å². The van der Waals surface area contributed by atoms with Gasteiger partial charge in [0.05, 0.1) is 19.3 Å². The summed E-state index contributed by atoms with van der Waals surface area (Å²) >= 11 is 1.49. The summed E-state index contributed by atoms with van der Waals surface area (Å²) in [6.45, 7) is 11.5. The third-order valence-corrected chi connectivity index (χ3v) is 7.18. The average molecular weight is 483 g/mol. The van der Waals surface area contributed by atoms with Crippen molar-refractivity contribution in [3.05, 3.63) is 51.5 Å². The van der Waals surface area contributed by atoms with Gasteiger partial charge in [-0.1, -0.05) is 0 Å². The SMILES string of the molecule is CCOCCn1c(CN2CCN(CCc3c(C)nc4sccn4c3=O)CC2)nc2cncnc21. The Balaban J connectivity index is 1.20. The first kappa shape index (κ1) is 23.0. The predicted molar refractivity (Wildman–Crippen MR) is 131 cm³/mol. The van der Waals surface area contributed by atoms with Gasteiger partial charge in [0, 0.05) is 68.7 Å². The van der Waals surface area contributed by atoms with Crippen LogP contribution in [0.1, 0.15) is 24.0 Å². The van der Waals surface area contributed by atoms with E-state index in [1.165, 1.54) is 11.3 Å². The highest BCUT2D eigenvalue weighted by atomic mass is 32.1. The first-order chi connectivity index (χ1) is 16.6. The van der Waals surface area contributed by atoms with Crippen LogP contribution in [0.15, 0.2) is 28.9 Å². The minimum atomic E-state index is 0.0661. The highest BCUT2D eigenvalue weighted by Crippen LogP contribution is 2.16. The van der Waals surface area contributed by atoms with Gasteiger partial charge in [0.1, 0.15) is 17.7 Å². The van der Waals surface area contributed by atoms with Crippen molar-refractivity contribution in [1.82, 2.24) is 38.7 Å². The zero-order valence-corrected chi connectivity index (χ0v) is 20.5. The molecule has 4 aromatic heterocycles. The largest absolute Gasteiger partial charge is 0.380 e. The van der Waals surface area contributed by atoms with E-state index in [-0.39, 0.29) is 5.56 Å². The van der Waals surface area contributed by atoms with E-state index in [1.54, 1.807) is 16.9 Å². The number of aryl methyl sites for hydroxylation is 1. The number of ether oxygens (including phenoxy) is 1. The number of hydrogen-bond acceptors (Lipinski definition) is 9. The van der Waals surface area contributed by atoms with Crippen LogP contribution in [0.4, 0.5) is 0 Å². The van der Waals surface area contributed by atoms with Crippen molar-refractivity contribution in [1.29, 1.82) is 0 Å². The van der Waals surface area contributed by atoms with E-state index in [1.807, 2.05) is 25.4 Å². The molecule has 0 N–H and O–H groups in total. The van der Waals surface area contributed by atoms with Crippen molar-refractivity contribution in [2.45, 2.75) is 33.4 Å². The van der Waals surface area contributed by atoms with Crippen molar-refractivity contribution in [2.75, 3.05) is 45.9 Å². The fraction of sp³-hybridized carbons (Fsp3) is 0.522. The van der Waals surface area contributed by atoms with Crippen LogP contribution in [0.2, 0.25) is 0 Å². The van der Waals surface area contributed by atoms with Gasteiger partial charge in [0.15, 0.2) is 10.6 Å². The van der Waals surface area contributed by atoms with E-state index in [0.29, 0.717) is 13.2 Å². The lowest BCUT2D eigenvalue weighted by Gasteiger charge is -2.34. The van der Waals surface area contributed by atoms with Gasteiger partial charge in [0.2, 0.25) is 0 Å². The van der Waals surface area contributed by atoms with Crippen molar-refractivity contribution in [3.8, 4) is 0 Å². The number of imidazole rings is 1. The first-order valence-electron chi connectivity index (χ1n) is 11.8. The normalized spacial score (nSPS) is 15.6. The summed E-state index contributed by atoms with van der Waals surface area (Å²) in [5, 5.41) is 1.91. The Morgan fingerprint density at radius 2 is 1.94 bits per heavy atom. The second-order valence-corrected chi connectivity index (χ2v) is 9.39. The lowest BCUT2D eigenvalue weighted by molar-refractivity contribution is 0.121. The number of rotatable bonds is 9. The van der Waals surface area contributed by atoms with Crippen LogP contribution in [-0.4, -0.2) is 84.6 Å². The number of piperazine rings is 1. The Bertz CT molecular complexity index is 1320. The smallest absolute Gasteiger partial charge is 0.261 e. The maximum Gasteiger partial charge on any atom is 0.261 e. The van der Waals surface area contributed by atoms with E-state index in [4.69, 9.17) is 9.72 Å². The summed E-state index contributed by atoms with van der Waals surface area (Å²) in [4.78, 5) is 36.4. The fourth-order valence-electron chi connectivity index (χ4n) is 4.53. The number of aromatic nitrogens is 6. The average Bonchev–Trinajstić information content (AvgIpc) is 3.45. The van der Waals surface area contributed by atoms with Crippen molar-refractivity contribution in [3.63, 3.8) is 0 Å². The number of hydrogen-bond donors (Lipinski definition) is 0. The predicted octanol–water partition coefficient (Wildman–Crippen LogP) is 1.60. The monoisotopic (exact) mass is 482 g/mol. The summed E-state index contributed by atoms with van der Waals surface area (Å²) in [6, 6.07) is 0. The number of thiazole rings is 1. The molecule has 5 heterocycles. The van der Waals surface area contributed by atoms with Crippen LogP contribution >= 0.6 is 11.3 Å². The minimum absolute atomic E-state index is 0.0661. The third kappa shape index (κ3) is 4.74. The molecule has 0 saturated carbocycles. The van der Waals surface area contributed by atoms with Crippen LogP contribution < -0.4 is 5.56 Å². The summed E-state index contributed by atoms with van der Waals surface area (Å²) in [6.07, 6.45) is 5.88. The topological polar surface area (TPSA) is 93.7 Å². The van der Waals surface area contributed by atoms with Gasteiger partial charge in [0.25, 0.3) is 5.56 Å². The standard InChI is InChI=1S/C23H30N8O2S/c1-3-33-12-10-30-20(27-19-14-24-16-25-21(19)30)15-29-8-6-28(7-9-29)5-4-18-17(2)26-23-31(22(18)32)11-13-34-23/h11,13-14,16H,3-10,12,15H2,1-2H3. The molecule has 0 atom stereocenters. The first-order valence-corrected chi connectivity index (χ1v) is 12.6. The maximum atomic E-state index is 12.8. The van der Waals surface area contributed by atoms with Gasteiger partial charge in [-0.25, -0.2) is 19.9 Å². The molecule has 0 radical (unpaired) electrons. The van der Waals surface area contributed by atoms with E-state index >= 15 is 0 Å². The Labute approximate surface area is 201 Å². The van der Waals surface area contributed by atoms with Crippen LogP contribution in [-0.2, 0) is 24.2 Å². The molecule has 0 spiro atoms. The molecular weight excluding hydrogens is 452 g/mol. The molecule has 5 rings (SSSR count). The van der Waals surface area contributed by atoms with E-state index in [9.17, 15) is 4.79 Å². The molecule has 1 fully saturated rings. The summed E-state index contributed by atoms with van der Waals surface area (Å²) in [5.41, 5.74) is 3.42. The summed E-state index contributed by atoms with van der Waals surface area (Å²) < 4.78 is 9.39. The Kier molecular flexibility index (Phi) is 6.95. The molecule has 0 bridgehead atoms. The molecule has 0 amide bonds. The Morgan fingerprint density at radius 1 is 1.12 bits per heavy atom. The molecule has 0 unspecified atom stereocenters. The molecule has 180 valence electrons. The van der Waals surface area contributed by atoms with E-state index in [2.05, 4.69) is 29.3 Å². The molecule has 1 aliphatic heterocycles. The van der Waals surface area contributed by atoms with E-state index < -0.39 is 0 Å². The second-order valence-electron chi connectivity index (χ2n) is 8.51. The quantitative estimate of drug-likeness (QED) is 0.332. The fourth-order valence-corrected chi connectivity index (χ4v) is 5.28. The summed E-state index contributed by atoms with van der Waals surface area (Å²) in [7, 11) is 0. The van der Waals surface area contributed by atoms with Crippen LogP contribution in [0.5, 0.6) is 0 Å². The molecule has 0 aliphatic carbocycles. The molecular formula is C23H30N8O2S. The minimum Gasteiger partial charge on any atom is -0.380 e. The number of fused-ring (bicyclic) bond motifs is 2. The van der Waals surface area contributed by atoms with Gasteiger partial charge < -0.3 is 14.2 Å². The Hall–Kier alpha value is -2.73. The molecule has 34 heavy (non-hydrogen) atoms. The molecule has 1 aliphatic rings. The Morgan fingerprint density at radius 3 is 2.76 bits per heavy atom. The third-order valence-electron chi connectivity index (χ3n) is 6.43. The van der Waals surface area contributed by atoms with Crippen LogP contribution in [0.25, 0.3) is 16.1 Å². The maximum absolute atomic E-state index is 12.8. The molecule has 10 nitrogen and oxygen atoms in total. The highest BCUT2D eigenvalue weighted by molar-refractivity contribution is 7.15.